The van der Waals surface area contributed by atoms with Gasteiger partial charge in [-0.2, -0.15) is 0 Å². The van der Waals surface area contributed by atoms with Crippen molar-refractivity contribution in [2.24, 2.45) is 5.41 Å². The molecule has 0 saturated carbocycles. The first-order valence-electron chi connectivity index (χ1n) is 6.80. The number of aliphatic carboxylic acids is 1. The molecule has 1 aliphatic heterocycles. The minimum Gasteiger partial charge on any atom is -0.493 e. The Morgan fingerprint density at radius 2 is 2.24 bits per heavy atom. The van der Waals surface area contributed by atoms with Gasteiger partial charge in [-0.15, -0.1) is 0 Å². The molecule has 0 spiro atoms. The number of halogens is 1. The highest BCUT2D eigenvalue weighted by Crippen LogP contribution is 2.30. The Balaban J connectivity index is 1.79. The third-order valence-corrected chi connectivity index (χ3v) is 3.96. The van der Waals surface area contributed by atoms with E-state index in [0.717, 1.165) is 0 Å². The Hall–Kier alpha value is -1.75. The Morgan fingerprint density at radius 1 is 1.48 bits per heavy atom. The first-order valence-corrected chi connectivity index (χ1v) is 7.18. The number of carboxylic acid groups (broad SMARTS) is 1. The summed E-state index contributed by atoms with van der Waals surface area (Å²) in [6.45, 7) is 2.67. The Bertz CT molecular complexity index is 548. The smallest absolute Gasteiger partial charge is 0.311 e. The van der Waals surface area contributed by atoms with Crippen LogP contribution in [0.25, 0.3) is 0 Å². The number of rotatable bonds is 5. The number of amides is 1. The summed E-state index contributed by atoms with van der Waals surface area (Å²) in [4.78, 5) is 24.8. The van der Waals surface area contributed by atoms with Crippen LogP contribution in [0.2, 0.25) is 5.02 Å². The van der Waals surface area contributed by atoms with E-state index in [2.05, 4.69) is 0 Å². The van der Waals surface area contributed by atoms with E-state index in [9.17, 15) is 9.59 Å². The summed E-state index contributed by atoms with van der Waals surface area (Å²) in [6.07, 6.45) is 0.714. The zero-order valence-corrected chi connectivity index (χ0v) is 12.6. The van der Waals surface area contributed by atoms with Gasteiger partial charge in [-0.1, -0.05) is 17.7 Å². The fourth-order valence-corrected chi connectivity index (χ4v) is 2.50. The highest BCUT2D eigenvalue weighted by atomic mass is 35.5. The van der Waals surface area contributed by atoms with Crippen LogP contribution in [0.4, 0.5) is 0 Å². The zero-order valence-electron chi connectivity index (χ0n) is 11.8. The van der Waals surface area contributed by atoms with Crippen LogP contribution in [-0.4, -0.2) is 41.6 Å². The average molecular weight is 312 g/mol. The van der Waals surface area contributed by atoms with Crippen LogP contribution in [0.3, 0.4) is 0 Å². The first-order chi connectivity index (χ1) is 9.90. The lowest BCUT2D eigenvalue weighted by Crippen LogP contribution is -2.35. The van der Waals surface area contributed by atoms with E-state index < -0.39 is 11.4 Å². The maximum absolute atomic E-state index is 12.0. The fourth-order valence-electron chi connectivity index (χ4n) is 2.32. The molecule has 0 aromatic heterocycles. The molecular weight excluding hydrogens is 294 g/mol. The van der Waals surface area contributed by atoms with Crippen LogP contribution in [0.15, 0.2) is 24.3 Å². The molecule has 2 rings (SSSR count). The number of ether oxygens (including phenoxy) is 1. The van der Waals surface area contributed by atoms with Gasteiger partial charge in [0.25, 0.3) is 0 Å². The maximum atomic E-state index is 12.0. The SMILES string of the molecule is CC1(C(=O)O)CCN(C(=O)CCOc2cccc(Cl)c2)C1. The molecule has 1 amide bonds. The Kier molecular flexibility index (Phi) is 4.73. The summed E-state index contributed by atoms with van der Waals surface area (Å²) in [5, 5.41) is 9.73. The third-order valence-electron chi connectivity index (χ3n) is 3.72. The van der Waals surface area contributed by atoms with E-state index in [1.165, 1.54) is 0 Å². The minimum absolute atomic E-state index is 0.0815. The van der Waals surface area contributed by atoms with Crippen LogP contribution in [0, 0.1) is 5.41 Å². The summed E-state index contributed by atoms with van der Waals surface area (Å²) in [5.74, 6) is -0.318. The quantitative estimate of drug-likeness (QED) is 0.907. The molecule has 1 aliphatic rings. The van der Waals surface area contributed by atoms with Gasteiger partial charge in [-0.05, 0) is 31.5 Å². The van der Waals surface area contributed by atoms with Crippen LogP contribution in [0.1, 0.15) is 19.8 Å². The predicted molar refractivity (Wildman–Crippen MR) is 78.5 cm³/mol. The normalized spacial score (nSPS) is 21.3. The number of nitrogens with zero attached hydrogens (tertiary/aromatic N) is 1. The van der Waals surface area contributed by atoms with E-state index in [1.54, 1.807) is 36.1 Å². The average Bonchev–Trinajstić information content (AvgIpc) is 2.83. The van der Waals surface area contributed by atoms with Crippen molar-refractivity contribution in [1.29, 1.82) is 0 Å². The number of hydrogen-bond donors (Lipinski definition) is 1. The molecule has 21 heavy (non-hydrogen) atoms. The Morgan fingerprint density at radius 3 is 2.86 bits per heavy atom. The van der Waals surface area contributed by atoms with Gasteiger partial charge in [0.2, 0.25) is 5.91 Å². The van der Waals surface area contributed by atoms with Crippen molar-refractivity contribution >= 4 is 23.5 Å². The van der Waals surface area contributed by atoms with Gasteiger partial charge in [0.15, 0.2) is 0 Å². The highest BCUT2D eigenvalue weighted by molar-refractivity contribution is 6.30. The molecule has 1 saturated heterocycles. The van der Waals surface area contributed by atoms with E-state index >= 15 is 0 Å². The molecule has 0 aliphatic carbocycles. The minimum atomic E-state index is -0.854. The summed E-state index contributed by atoms with van der Waals surface area (Å²) in [5.41, 5.74) is -0.830. The lowest BCUT2D eigenvalue weighted by atomic mass is 9.90. The van der Waals surface area contributed by atoms with Gasteiger partial charge in [-0.25, -0.2) is 0 Å². The molecule has 1 heterocycles. The van der Waals surface area contributed by atoms with E-state index in [-0.39, 0.29) is 25.5 Å². The molecule has 1 aromatic rings. The summed E-state index contributed by atoms with van der Waals surface area (Å²) in [6, 6.07) is 6.98. The molecule has 1 fully saturated rings. The van der Waals surface area contributed by atoms with Crippen molar-refractivity contribution < 1.29 is 19.4 Å². The molecule has 1 aromatic carbocycles. The van der Waals surface area contributed by atoms with Crippen molar-refractivity contribution in [3.8, 4) is 5.75 Å². The van der Waals surface area contributed by atoms with E-state index in [1.807, 2.05) is 0 Å². The second-order valence-electron chi connectivity index (χ2n) is 5.49. The standard InChI is InChI=1S/C15H18ClNO4/c1-15(14(19)20)6-7-17(10-15)13(18)5-8-21-12-4-2-3-11(16)9-12/h2-4,9H,5-8,10H2,1H3,(H,19,20). The maximum Gasteiger partial charge on any atom is 0.311 e. The van der Waals surface area contributed by atoms with Gasteiger partial charge in [0.05, 0.1) is 18.4 Å². The molecule has 6 heteroatoms. The number of hydrogen-bond acceptors (Lipinski definition) is 3. The van der Waals surface area contributed by atoms with Crippen molar-refractivity contribution in [2.45, 2.75) is 19.8 Å². The largest absolute Gasteiger partial charge is 0.493 e. The number of carbonyl (C=O) groups excluding carboxylic acids is 1. The lowest BCUT2D eigenvalue weighted by molar-refractivity contribution is -0.147. The third kappa shape index (κ3) is 3.88. The van der Waals surface area contributed by atoms with Gasteiger partial charge < -0.3 is 14.7 Å². The van der Waals surface area contributed by atoms with E-state index in [4.69, 9.17) is 21.4 Å². The number of carboxylic acids is 1. The van der Waals surface area contributed by atoms with Crippen molar-refractivity contribution in [2.75, 3.05) is 19.7 Å². The van der Waals surface area contributed by atoms with Crippen molar-refractivity contribution in [3.05, 3.63) is 29.3 Å². The predicted octanol–water partition coefficient (Wildman–Crippen LogP) is 2.43. The van der Waals surface area contributed by atoms with Gasteiger partial charge in [0, 0.05) is 18.1 Å². The Labute approximate surface area is 128 Å². The first kappa shape index (κ1) is 15.6. The fraction of sp³-hybridized carbons (Fsp3) is 0.467. The molecule has 1 atom stereocenters. The van der Waals surface area contributed by atoms with Crippen LogP contribution >= 0.6 is 11.6 Å². The molecule has 1 N–H and O–H groups in total. The lowest BCUT2D eigenvalue weighted by Gasteiger charge is -2.20. The molecular formula is C15H18ClNO4. The number of likely N-dealkylation sites (tertiary alicyclic amines) is 1. The highest BCUT2D eigenvalue weighted by Gasteiger charge is 2.41. The molecule has 0 bridgehead atoms. The van der Waals surface area contributed by atoms with Crippen molar-refractivity contribution in [1.82, 2.24) is 4.90 Å². The van der Waals surface area contributed by atoms with Gasteiger partial charge in [-0.3, -0.25) is 9.59 Å². The van der Waals surface area contributed by atoms with Gasteiger partial charge >= 0.3 is 5.97 Å². The topological polar surface area (TPSA) is 66.8 Å². The van der Waals surface area contributed by atoms with Crippen LogP contribution in [-0.2, 0) is 9.59 Å². The van der Waals surface area contributed by atoms with Gasteiger partial charge in [0.1, 0.15) is 5.75 Å². The monoisotopic (exact) mass is 311 g/mol. The van der Waals surface area contributed by atoms with Crippen molar-refractivity contribution in [3.63, 3.8) is 0 Å². The molecule has 5 nitrogen and oxygen atoms in total. The zero-order chi connectivity index (χ0) is 15.5. The summed E-state index contributed by atoms with van der Waals surface area (Å²) in [7, 11) is 0. The molecule has 0 radical (unpaired) electrons. The molecule has 114 valence electrons. The van der Waals surface area contributed by atoms with Crippen LogP contribution < -0.4 is 4.74 Å². The summed E-state index contributed by atoms with van der Waals surface area (Å²) >= 11 is 5.84. The second-order valence-corrected chi connectivity index (χ2v) is 5.92. The number of carbonyl (C=O) groups is 2. The van der Waals surface area contributed by atoms with E-state index in [0.29, 0.717) is 23.7 Å². The summed E-state index contributed by atoms with van der Waals surface area (Å²) < 4.78 is 5.47. The molecule has 1 unspecified atom stereocenters. The second kappa shape index (κ2) is 6.35. The number of benzene rings is 1. The van der Waals surface area contributed by atoms with Crippen LogP contribution in [0.5, 0.6) is 5.75 Å².